The van der Waals surface area contributed by atoms with Gasteiger partial charge in [-0.1, -0.05) is 283 Å². The highest BCUT2D eigenvalue weighted by Crippen LogP contribution is 2.33. The molecule has 0 aromatic rings. The van der Waals surface area contributed by atoms with Crippen LogP contribution in [0.2, 0.25) is 0 Å². The summed E-state index contributed by atoms with van der Waals surface area (Å²) in [6.07, 6.45) is 36.0. The largest absolute Gasteiger partial charge is 0.394 e. The molecule has 92 heavy (non-hydrogen) atoms. The van der Waals surface area contributed by atoms with Crippen molar-refractivity contribution in [3.63, 3.8) is 0 Å². The lowest BCUT2D eigenvalue weighted by Crippen LogP contribution is -2.66. The van der Waals surface area contributed by atoms with E-state index < -0.39 is 124 Å². The molecule has 0 spiro atoms. The van der Waals surface area contributed by atoms with Crippen LogP contribution in [0, 0.1) is 0 Å². The summed E-state index contributed by atoms with van der Waals surface area (Å²) in [5, 5.41) is 121. The van der Waals surface area contributed by atoms with Crippen LogP contribution in [0.15, 0.2) is 12.2 Å². The van der Waals surface area contributed by atoms with E-state index in [0.717, 1.165) is 64.2 Å². The molecule has 0 aliphatic carbocycles. The minimum Gasteiger partial charge on any atom is -0.394 e. The number of unbranched alkanes of at least 4 members (excludes halogenated alkanes) is 42. The number of carbonyl (C=O) groups is 1. The Balaban J connectivity index is 1.35. The summed E-state index contributed by atoms with van der Waals surface area (Å²) in [6, 6.07) is -0.889. The number of hydrogen-bond donors (Lipinski definition) is 12. The van der Waals surface area contributed by atoms with Gasteiger partial charge in [0.1, 0.15) is 73.2 Å². The molecule has 0 radical (unpaired) electrons. The predicted molar refractivity (Wildman–Crippen MR) is 360 cm³/mol. The molecule has 1 amide bonds. The Bertz CT molecular complexity index is 1720. The zero-order valence-corrected chi connectivity index (χ0v) is 57.8. The summed E-state index contributed by atoms with van der Waals surface area (Å²) < 4.78 is 34.4. The molecule has 17 atom stereocenters. The van der Waals surface area contributed by atoms with Crippen molar-refractivity contribution in [1.82, 2.24) is 5.32 Å². The Hall–Kier alpha value is -1.47. The van der Waals surface area contributed by atoms with Gasteiger partial charge in [-0.25, -0.2) is 0 Å². The molecule has 19 heteroatoms. The Kier molecular flexibility index (Phi) is 51.0. The molecule has 3 rings (SSSR count). The molecular weight excluding hydrogens is 1180 g/mol. The summed E-state index contributed by atoms with van der Waals surface area (Å²) in [7, 11) is 0. The topological polar surface area (TPSA) is 307 Å². The number of ether oxygens (including phenoxy) is 6. The summed E-state index contributed by atoms with van der Waals surface area (Å²) in [6.45, 7) is 1.83. The second kappa shape index (κ2) is 55.4. The molecule has 0 aromatic carbocycles. The van der Waals surface area contributed by atoms with Gasteiger partial charge in [0.25, 0.3) is 0 Å². The highest BCUT2D eigenvalue weighted by molar-refractivity contribution is 5.76. The molecule has 3 aliphatic rings. The standard InChI is InChI=1S/C73H139NO18/c1-3-5-7-9-11-13-15-17-19-20-21-22-23-24-25-26-27-28-29-30-31-32-33-34-35-37-38-40-42-44-46-48-50-57(78)56(74-61(79)51-49-47-45-43-41-39-36-18-16-14-12-10-8-6-4-2)55-87-71-67(85)64(82)69(59(53-76)89-71)92-73-68(86)65(83)70(60(54-77)90-73)91-72-66(84)63(81)62(80)58(52-75)88-72/h18,36,56-60,62-73,75-78,80-86H,3-17,19-35,37-55H2,1-2H3,(H,74,79)/b36-18-. The molecule has 12 N–H and O–H groups in total. The van der Waals surface area contributed by atoms with Crippen LogP contribution in [0.4, 0.5) is 0 Å². The fraction of sp³-hybridized carbons (Fsp3) is 0.959. The first kappa shape index (κ1) is 84.8. The summed E-state index contributed by atoms with van der Waals surface area (Å²) in [5.41, 5.74) is 0. The van der Waals surface area contributed by atoms with E-state index >= 15 is 0 Å². The average Bonchev–Trinajstić information content (AvgIpc) is 0.837. The molecule has 17 unspecified atom stereocenters. The van der Waals surface area contributed by atoms with Crippen molar-refractivity contribution in [2.24, 2.45) is 0 Å². The first-order valence-electron chi connectivity index (χ1n) is 37.9. The number of amides is 1. The van der Waals surface area contributed by atoms with Crippen molar-refractivity contribution in [3.05, 3.63) is 12.2 Å². The number of carbonyl (C=O) groups excluding carboxylic acids is 1. The number of aliphatic hydroxyl groups is 11. The molecule has 0 bridgehead atoms. The normalized spacial score (nSPS) is 27.7. The first-order chi connectivity index (χ1) is 44.8. The molecule has 3 heterocycles. The van der Waals surface area contributed by atoms with Gasteiger partial charge in [-0.05, 0) is 38.5 Å². The van der Waals surface area contributed by atoms with Crippen LogP contribution in [0.3, 0.4) is 0 Å². The zero-order valence-electron chi connectivity index (χ0n) is 57.8. The summed E-state index contributed by atoms with van der Waals surface area (Å²) in [4.78, 5) is 13.4. The molecule has 3 aliphatic heterocycles. The van der Waals surface area contributed by atoms with E-state index in [9.17, 15) is 61.0 Å². The molecule has 3 fully saturated rings. The second-order valence-corrected chi connectivity index (χ2v) is 27.5. The average molecular weight is 1320 g/mol. The maximum absolute atomic E-state index is 13.4. The van der Waals surface area contributed by atoms with E-state index in [2.05, 4.69) is 31.3 Å². The summed E-state index contributed by atoms with van der Waals surface area (Å²) in [5.74, 6) is -0.247. The van der Waals surface area contributed by atoms with Gasteiger partial charge in [0.2, 0.25) is 5.91 Å². The van der Waals surface area contributed by atoms with E-state index in [1.807, 2.05) is 0 Å². The van der Waals surface area contributed by atoms with Gasteiger partial charge in [0, 0.05) is 6.42 Å². The minimum absolute atomic E-state index is 0.247. The maximum atomic E-state index is 13.4. The first-order valence-corrected chi connectivity index (χ1v) is 37.9. The smallest absolute Gasteiger partial charge is 0.220 e. The molecule has 0 aromatic heterocycles. The van der Waals surface area contributed by atoms with Crippen molar-refractivity contribution >= 4 is 5.91 Å². The van der Waals surface area contributed by atoms with Crippen LogP contribution in [-0.2, 0) is 33.2 Å². The van der Waals surface area contributed by atoms with Crippen molar-refractivity contribution in [2.45, 2.75) is 420 Å². The van der Waals surface area contributed by atoms with Gasteiger partial charge < -0.3 is 89.9 Å². The van der Waals surface area contributed by atoms with Crippen LogP contribution in [0.5, 0.6) is 0 Å². The minimum atomic E-state index is -1.97. The fourth-order valence-corrected chi connectivity index (χ4v) is 13.2. The van der Waals surface area contributed by atoms with Gasteiger partial charge in [0.05, 0.1) is 38.6 Å². The predicted octanol–water partition coefficient (Wildman–Crippen LogP) is 11.2. The number of rotatable bonds is 60. The van der Waals surface area contributed by atoms with Crippen molar-refractivity contribution in [3.8, 4) is 0 Å². The van der Waals surface area contributed by atoms with Crippen LogP contribution >= 0.6 is 0 Å². The molecule has 0 saturated carbocycles. The Morgan fingerprint density at radius 3 is 1.05 bits per heavy atom. The van der Waals surface area contributed by atoms with Gasteiger partial charge >= 0.3 is 0 Å². The van der Waals surface area contributed by atoms with Crippen LogP contribution in [0.1, 0.15) is 316 Å². The highest BCUT2D eigenvalue weighted by atomic mass is 16.8. The molecule has 544 valence electrons. The third kappa shape index (κ3) is 36.4. The van der Waals surface area contributed by atoms with Crippen molar-refractivity contribution in [2.75, 3.05) is 26.4 Å². The Labute approximate surface area is 556 Å². The third-order valence-electron chi connectivity index (χ3n) is 19.3. The fourth-order valence-electron chi connectivity index (χ4n) is 13.2. The number of hydrogen-bond acceptors (Lipinski definition) is 18. The van der Waals surface area contributed by atoms with Crippen molar-refractivity contribution in [1.29, 1.82) is 0 Å². The lowest BCUT2D eigenvalue weighted by Gasteiger charge is -2.48. The van der Waals surface area contributed by atoms with Gasteiger partial charge in [-0.3, -0.25) is 4.79 Å². The molecular formula is C73H139NO18. The van der Waals surface area contributed by atoms with E-state index in [0.29, 0.717) is 12.8 Å². The lowest BCUT2D eigenvalue weighted by atomic mass is 9.96. The number of nitrogens with one attached hydrogen (secondary N) is 1. The van der Waals surface area contributed by atoms with Crippen molar-refractivity contribution < 1.29 is 89.4 Å². The van der Waals surface area contributed by atoms with Gasteiger partial charge in [-0.15, -0.1) is 0 Å². The monoisotopic (exact) mass is 1320 g/mol. The van der Waals surface area contributed by atoms with Crippen LogP contribution < -0.4 is 5.32 Å². The molecule has 19 nitrogen and oxygen atoms in total. The quantitative estimate of drug-likeness (QED) is 0.0199. The number of allylic oxidation sites excluding steroid dienone is 2. The Morgan fingerprint density at radius 2 is 0.685 bits per heavy atom. The van der Waals surface area contributed by atoms with E-state index in [4.69, 9.17) is 28.4 Å². The van der Waals surface area contributed by atoms with E-state index in [1.54, 1.807) is 0 Å². The van der Waals surface area contributed by atoms with Crippen LogP contribution in [-0.4, -0.2) is 193 Å². The maximum Gasteiger partial charge on any atom is 0.220 e. The van der Waals surface area contributed by atoms with Gasteiger partial charge in [-0.2, -0.15) is 0 Å². The highest BCUT2D eigenvalue weighted by Gasteiger charge is 2.53. The van der Waals surface area contributed by atoms with E-state index in [-0.39, 0.29) is 18.9 Å². The Morgan fingerprint density at radius 1 is 0.380 bits per heavy atom. The number of aliphatic hydroxyl groups excluding tert-OH is 11. The van der Waals surface area contributed by atoms with Gasteiger partial charge in [0.15, 0.2) is 18.9 Å². The zero-order chi connectivity index (χ0) is 66.8. The second-order valence-electron chi connectivity index (χ2n) is 27.5. The third-order valence-corrected chi connectivity index (χ3v) is 19.3. The molecule has 3 saturated heterocycles. The summed E-state index contributed by atoms with van der Waals surface area (Å²) >= 11 is 0. The van der Waals surface area contributed by atoms with Crippen LogP contribution in [0.25, 0.3) is 0 Å². The van der Waals surface area contributed by atoms with E-state index in [1.165, 1.54) is 218 Å². The lowest BCUT2D eigenvalue weighted by molar-refractivity contribution is -0.379. The SMILES string of the molecule is CCCCCCCC/C=C\CCCCCCCC(=O)NC(COC1OC(CO)C(OC2OC(CO)C(OC3OC(CO)C(O)C(O)C3O)C(O)C2O)C(O)C1O)C(O)CCCCCCCCCCCCCCCCCCCCCCCCCCCCCCCCCC.